The number of carbonyl (C=O) groups is 2. The van der Waals surface area contributed by atoms with Crippen LogP contribution in [0.1, 0.15) is 136 Å². The van der Waals surface area contributed by atoms with Crippen LogP contribution >= 0.6 is 7.82 Å². The first kappa shape index (κ1) is 41.8. The monoisotopic (exact) mass is 634 g/mol. The predicted molar refractivity (Wildman–Crippen MR) is 174 cm³/mol. The van der Waals surface area contributed by atoms with Crippen molar-refractivity contribution in [3.8, 4) is 0 Å². The Morgan fingerprint density at radius 2 is 1.19 bits per heavy atom. The average molecular weight is 635 g/mol. The highest BCUT2D eigenvalue weighted by Gasteiger charge is 2.27. The summed E-state index contributed by atoms with van der Waals surface area (Å²) in [4.78, 5) is 34.5. The quantitative estimate of drug-likeness (QED) is 0.0276. The van der Waals surface area contributed by atoms with Crippen molar-refractivity contribution in [2.75, 3.05) is 47.5 Å². The third kappa shape index (κ3) is 30.6. The number of hydrogen-bond donors (Lipinski definition) is 1. The summed E-state index contributed by atoms with van der Waals surface area (Å²) in [6.45, 7) is 4.20. The molecule has 0 spiro atoms. The van der Waals surface area contributed by atoms with Crippen LogP contribution in [-0.2, 0) is 32.7 Å². The second-order valence-electron chi connectivity index (χ2n) is 12.6. The van der Waals surface area contributed by atoms with Gasteiger partial charge in [0.25, 0.3) is 0 Å². The molecule has 254 valence electrons. The summed E-state index contributed by atoms with van der Waals surface area (Å²) in [6, 6.07) is 0. The molecule has 0 saturated carbocycles. The maximum absolute atomic E-state index is 12.5. The van der Waals surface area contributed by atoms with Crippen LogP contribution in [-0.4, -0.2) is 74.9 Å². The van der Waals surface area contributed by atoms with E-state index in [0.717, 1.165) is 51.4 Å². The van der Waals surface area contributed by atoms with E-state index in [1.54, 1.807) is 0 Å². The third-order valence-electron chi connectivity index (χ3n) is 7.05. The molecular weight excluding hydrogens is 569 g/mol. The molecule has 0 heterocycles. The highest BCUT2D eigenvalue weighted by atomic mass is 31.2. The van der Waals surface area contributed by atoms with Gasteiger partial charge in [-0.3, -0.25) is 18.6 Å². The fourth-order valence-corrected chi connectivity index (χ4v) is 5.04. The SMILES string of the molecule is CCCCCCCCC/C=C\CCCCCCCC(=O)OC(COC(=O)CCCCC)COP(=O)(O)OCC[N+](C)(C)C. The molecule has 10 heteroatoms. The number of allylic oxidation sites excluding steroid dienone is 2. The Labute approximate surface area is 263 Å². The van der Waals surface area contributed by atoms with Gasteiger partial charge < -0.3 is 18.9 Å². The van der Waals surface area contributed by atoms with E-state index in [9.17, 15) is 19.0 Å². The molecule has 0 aliphatic rings. The molecule has 1 N–H and O–H groups in total. The number of quaternary nitrogens is 1. The van der Waals surface area contributed by atoms with Crippen LogP contribution in [0.15, 0.2) is 12.2 Å². The lowest BCUT2D eigenvalue weighted by molar-refractivity contribution is -0.870. The smallest absolute Gasteiger partial charge is 0.462 e. The number of hydrogen-bond acceptors (Lipinski definition) is 7. The molecule has 0 rings (SSSR count). The molecule has 0 aromatic rings. The molecule has 43 heavy (non-hydrogen) atoms. The highest BCUT2D eigenvalue weighted by molar-refractivity contribution is 7.47. The van der Waals surface area contributed by atoms with Crippen LogP contribution in [0.3, 0.4) is 0 Å². The van der Waals surface area contributed by atoms with Gasteiger partial charge in [-0.25, -0.2) is 4.57 Å². The molecule has 2 unspecified atom stereocenters. The highest BCUT2D eigenvalue weighted by Crippen LogP contribution is 2.43. The third-order valence-corrected chi connectivity index (χ3v) is 8.03. The molecule has 0 radical (unpaired) electrons. The van der Waals surface area contributed by atoms with Crippen molar-refractivity contribution in [1.29, 1.82) is 0 Å². The van der Waals surface area contributed by atoms with Crippen LogP contribution < -0.4 is 0 Å². The normalized spacial score (nSPS) is 14.1. The van der Waals surface area contributed by atoms with Crippen LogP contribution in [0, 0.1) is 0 Å². The van der Waals surface area contributed by atoms with Crippen LogP contribution in [0.4, 0.5) is 0 Å². The Morgan fingerprint density at radius 3 is 1.77 bits per heavy atom. The summed E-state index contributed by atoms with van der Waals surface area (Å²) in [7, 11) is 1.47. The number of rotatable bonds is 30. The van der Waals surface area contributed by atoms with E-state index in [2.05, 4.69) is 19.1 Å². The summed E-state index contributed by atoms with van der Waals surface area (Å²) in [6.07, 6.45) is 23.4. The maximum atomic E-state index is 12.5. The van der Waals surface area contributed by atoms with Crippen molar-refractivity contribution in [2.45, 2.75) is 142 Å². The number of ether oxygens (including phenoxy) is 2. The van der Waals surface area contributed by atoms with E-state index in [0.29, 0.717) is 17.4 Å². The molecule has 0 fully saturated rings. The van der Waals surface area contributed by atoms with Gasteiger partial charge in [-0.2, -0.15) is 0 Å². The minimum absolute atomic E-state index is 0.0314. The minimum Gasteiger partial charge on any atom is -0.462 e. The minimum atomic E-state index is -4.35. The topological polar surface area (TPSA) is 108 Å². The Bertz CT molecular complexity index is 768. The van der Waals surface area contributed by atoms with Crippen molar-refractivity contribution in [3.63, 3.8) is 0 Å². The lowest BCUT2D eigenvalue weighted by Gasteiger charge is -2.24. The number of phosphoric acid groups is 1. The Balaban J connectivity index is 4.28. The zero-order valence-corrected chi connectivity index (χ0v) is 29.1. The van der Waals surface area contributed by atoms with E-state index in [-0.39, 0.29) is 26.1 Å². The van der Waals surface area contributed by atoms with Crippen molar-refractivity contribution >= 4 is 19.8 Å². The van der Waals surface area contributed by atoms with E-state index < -0.39 is 32.5 Å². The summed E-state index contributed by atoms with van der Waals surface area (Å²) < 4.78 is 33.7. The Kier molecular flexibility index (Phi) is 26.3. The Morgan fingerprint density at radius 1 is 0.698 bits per heavy atom. The summed E-state index contributed by atoms with van der Waals surface area (Å²) in [5.74, 6) is -0.837. The summed E-state index contributed by atoms with van der Waals surface area (Å²) in [5.41, 5.74) is 0. The van der Waals surface area contributed by atoms with Gasteiger partial charge in [0, 0.05) is 12.8 Å². The van der Waals surface area contributed by atoms with Crippen LogP contribution in [0.25, 0.3) is 0 Å². The van der Waals surface area contributed by atoms with Crippen molar-refractivity contribution in [1.82, 2.24) is 0 Å². The predicted octanol–water partition coefficient (Wildman–Crippen LogP) is 8.29. The second-order valence-corrected chi connectivity index (χ2v) is 14.0. The van der Waals surface area contributed by atoms with Gasteiger partial charge in [-0.1, -0.05) is 96.6 Å². The molecule has 0 aromatic heterocycles. The van der Waals surface area contributed by atoms with Crippen molar-refractivity contribution in [3.05, 3.63) is 12.2 Å². The number of esters is 2. The number of unbranched alkanes of at least 4 members (excludes halogenated alkanes) is 14. The van der Waals surface area contributed by atoms with Crippen LogP contribution in [0.5, 0.6) is 0 Å². The standard InChI is InChI=1S/C33H64NO8P/c1-6-8-10-11-12-13-14-15-16-17-18-19-20-21-22-24-26-33(36)42-31(29-39-32(35)25-23-9-7-2)30-41-43(37,38)40-28-27-34(3,4)5/h16-17,31H,6-15,18-30H2,1-5H3/p+1/b17-16-. The molecule has 0 saturated heterocycles. The molecule has 0 aromatic carbocycles. The Hall–Kier alpha value is -1.25. The lowest BCUT2D eigenvalue weighted by atomic mass is 10.1. The van der Waals surface area contributed by atoms with E-state index >= 15 is 0 Å². The lowest BCUT2D eigenvalue weighted by Crippen LogP contribution is -2.37. The number of nitrogens with zero attached hydrogens (tertiary/aromatic N) is 1. The van der Waals surface area contributed by atoms with Crippen molar-refractivity contribution < 1.29 is 42.1 Å². The van der Waals surface area contributed by atoms with Gasteiger partial charge in [0.15, 0.2) is 6.10 Å². The summed E-state index contributed by atoms with van der Waals surface area (Å²) >= 11 is 0. The van der Waals surface area contributed by atoms with Crippen molar-refractivity contribution in [2.24, 2.45) is 0 Å². The molecule has 0 aliphatic heterocycles. The van der Waals surface area contributed by atoms with Gasteiger partial charge in [-0.15, -0.1) is 0 Å². The fourth-order valence-electron chi connectivity index (χ4n) is 4.30. The number of phosphoric ester groups is 1. The number of likely N-dealkylation sites (N-methyl/N-ethyl adjacent to an activating group) is 1. The van der Waals surface area contributed by atoms with Gasteiger partial charge in [0.2, 0.25) is 0 Å². The zero-order chi connectivity index (χ0) is 32.2. The first-order valence-electron chi connectivity index (χ1n) is 16.9. The molecular formula is C33H65NO8P+. The largest absolute Gasteiger partial charge is 0.472 e. The number of carbonyl (C=O) groups excluding carboxylic acids is 2. The molecule has 0 bridgehead atoms. The fraction of sp³-hybridized carbons (Fsp3) is 0.879. The zero-order valence-electron chi connectivity index (χ0n) is 28.2. The van der Waals surface area contributed by atoms with Gasteiger partial charge >= 0.3 is 19.8 Å². The summed E-state index contributed by atoms with van der Waals surface area (Å²) in [5, 5.41) is 0. The van der Waals surface area contributed by atoms with Gasteiger partial charge in [0.1, 0.15) is 19.8 Å². The average Bonchev–Trinajstić information content (AvgIpc) is 2.93. The molecule has 9 nitrogen and oxygen atoms in total. The molecule has 0 amide bonds. The van der Waals surface area contributed by atoms with E-state index in [1.807, 2.05) is 28.1 Å². The molecule has 2 atom stereocenters. The second kappa shape index (κ2) is 27.1. The maximum Gasteiger partial charge on any atom is 0.472 e. The van der Waals surface area contributed by atoms with E-state index in [1.165, 1.54) is 51.4 Å². The van der Waals surface area contributed by atoms with E-state index in [4.69, 9.17) is 18.5 Å². The first-order valence-corrected chi connectivity index (χ1v) is 18.4. The van der Waals surface area contributed by atoms with Gasteiger partial charge in [-0.05, 0) is 38.5 Å². The van der Waals surface area contributed by atoms with Crippen LogP contribution in [0.2, 0.25) is 0 Å². The first-order chi connectivity index (χ1) is 20.5. The molecule has 0 aliphatic carbocycles. The van der Waals surface area contributed by atoms with Gasteiger partial charge in [0.05, 0.1) is 27.7 Å².